The summed E-state index contributed by atoms with van der Waals surface area (Å²) < 4.78 is 11.5. The van der Waals surface area contributed by atoms with Crippen molar-refractivity contribution in [2.45, 2.75) is 38.8 Å². The number of quaternary nitrogens is 1. The maximum atomic E-state index is 13.0. The number of amides is 1. The Hall–Kier alpha value is -3.06. The van der Waals surface area contributed by atoms with Crippen molar-refractivity contribution in [2.75, 3.05) is 27.2 Å². The van der Waals surface area contributed by atoms with Crippen LogP contribution in [0.2, 0.25) is 0 Å². The van der Waals surface area contributed by atoms with Crippen molar-refractivity contribution < 1.29 is 28.7 Å². The summed E-state index contributed by atoms with van der Waals surface area (Å²) in [7, 11) is 4.08. The summed E-state index contributed by atoms with van der Waals surface area (Å²) in [6.07, 6.45) is 1.54. The van der Waals surface area contributed by atoms with Crippen molar-refractivity contribution in [1.29, 1.82) is 0 Å². The lowest BCUT2D eigenvalue weighted by atomic mass is 9.97. The lowest BCUT2D eigenvalue weighted by Crippen LogP contribution is -3.05. The monoisotopic (exact) mass is 425 g/mol. The summed E-state index contributed by atoms with van der Waals surface area (Å²) in [6.45, 7) is 5.06. The average molecular weight is 426 g/mol. The van der Waals surface area contributed by atoms with Crippen molar-refractivity contribution >= 4 is 17.4 Å². The molecule has 0 spiro atoms. The summed E-state index contributed by atoms with van der Waals surface area (Å²) in [5.74, 6) is 0.483. The second-order valence-electron chi connectivity index (χ2n) is 8.71. The number of ketones is 1. The van der Waals surface area contributed by atoms with Crippen LogP contribution in [0.1, 0.15) is 42.0 Å². The van der Waals surface area contributed by atoms with E-state index in [1.165, 1.54) is 9.80 Å². The number of carbonyl (C=O) groups is 2. The minimum Gasteiger partial charge on any atom is -0.507 e. The number of fused-ring (bicyclic) bond motifs is 1. The Kier molecular flexibility index (Phi) is 5.62. The summed E-state index contributed by atoms with van der Waals surface area (Å²) in [5, 5.41) is 11.2. The highest BCUT2D eigenvalue weighted by atomic mass is 16.5. The minimum atomic E-state index is -0.741. The van der Waals surface area contributed by atoms with Crippen LogP contribution in [0, 0.1) is 6.92 Å². The number of nitrogens with one attached hydrogen (secondary N) is 1. The molecule has 0 unspecified atom stereocenters. The number of hydrogen-bond donors (Lipinski definition) is 2. The third kappa shape index (κ3) is 3.97. The second kappa shape index (κ2) is 8.23. The van der Waals surface area contributed by atoms with Gasteiger partial charge in [0.05, 0.1) is 26.2 Å². The van der Waals surface area contributed by atoms with Gasteiger partial charge < -0.3 is 24.1 Å². The van der Waals surface area contributed by atoms with E-state index >= 15 is 0 Å². The highest BCUT2D eigenvalue weighted by Crippen LogP contribution is 2.41. The highest BCUT2D eigenvalue weighted by molar-refractivity contribution is 6.46. The summed E-state index contributed by atoms with van der Waals surface area (Å²) >= 11 is 0. The highest BCUT2D eigenvalue weighted by Gasteiger charge is 2.47. The van der Waals surface area contributed by atoms with Crippen molar-refractivity contribution in [3.05, 3.63) is 58.6 Å². The predicted octanol–water partition coefficient (Wildman–Crippen LogP) is 1.87. The maximum absolute atomic E-state index is 13.0. The molecule has 0 bridgehead atoms. The van der Waals surface area contributed by atoms with Crippen LogP contribution in [-0.4, -0.2) is 55.0 Å². The first-order chi connectivity index (χ1) is 14.8. The number of nitrogens with zero attached hydrogens (tertiary/aromatic N) is 1. The SMILES string of the molecule is Cc1ccc([C@@H]2C(=C(O)c3ccc4c(c3)C[C@@H](C)O4)C(=O)C(=O)N2CCC[NH+](C)C)o1. The number of aliphatic hydroxyl groups excluding tert-OH is 1. The third-order valence-corrected chi connectivity index (χ3v) is 5.82. The van der Waals surface area contributed by atoms with E-state index in [2.05, 4.69) is 0 Å². The maximum Gasteiger partial charge on any atom is 0.295 e. The number of Topliss-reactive ketones (excluding diaryl/α,β-unsaturated/α-hetero) is 1. The standard InChI is InChI=1S/C24H28N2O5/c1-14-6-8-19(30-14)21-20(23(28)24(29)26(21)11-5-10-25(3)4)22(27)16-7-9-18-17(13-16)12-15(2)31-18/h6-9,13,15,21,27H,5,10-12H2,1-4H3/p+1/t15-,21-/m1/s1. The zero-order valence-electron chi connectivity index (χ0n) is 18.4. The molecule has 1 aromatic carbocycles. The van der Waals surface area contributed by atoms with Gasteiger partial charge in [-0.2, -0.15) is 0 Å². The first kappa shape index (κ1) is 21.2. The summed E-state index contributed by atoms with van der Waals surface area (Å²) in [6, 6.07) is 8.18. The van der Waals surface area contributed by atoms with E-state index in [1.807, 2.05) is 34.0 Å². The molecule has 2 N–H and O–H groups in total. The molecule has 1 amide bonds. The van der Waals surface area contributed by atoms with Gasteiger partial charge in [0, 0.05) is 24.9 Å². The Morgan fingerprint density at radius 3 is 2.68 bits per heavy atom. The van der Waals surface area contributed by atoms with Gasteiger partial charge in [-0.05, 0) is 49.7 Å². The fourth-order valence-corrected chi connectivity index (χ4v) is 4.33. The number of ether oxygens (including phenoxy) is 1. The Balaban J connectivity index is 1.76. The lowest BCUT2D eigenvalue weighted by molar-refractivity contribution is -0.858. The average Bonchev–Trinajstić information content (AvgIpc) is 3.37. The number of carbonyl (C=O) groups excluding carboxylic acids is 2. The van der Waals surface area contributed by atoms with Gasteiger partial charge in [-0.25, -0.2) is 0 Å². The Morgan fingerprint density at radius 1 is 1.23 bits per heavy atom. The Bertz CT molecular complexity index is 1050. The van der Waals surface area contributed by atoms with Crippen LogP contribution in [0.25, 0.3) is 5.76 Å². The number of benzene rings is 1. The molecule has 0 radical (unpaired) electrons. The predicted molar refractivity (Wildman–Crippen MR) is 115 cm³/mol. The van der Waals surface area contributed by atoms with Gasteiger partial charge in [-0.1, -0.05) is 0 Å². The molecule has 2 atom stereocenters. The molecule has 0 aliphatic carbocycles. The molecule has 1 fully saturated rings. The summed E-state index contributed by atoms with van der Waals surface area (Å²) in [5.41, 5.74) is 1.55. The molecule has 0 saturated carbocycles. The van der Waals surface area contributed by atoms with Crippen LogP contribution in [0.4, 0.5) is 0 Å². The third-order valence-electron chi connectivity index (χ3n) is 5.82. The number of furan rings is 1. The van der Waals surface area contributed by atoms with E-state index in [1.54, 1.807) is 24.3 Å². The van der Waals surface area contributed by atoms with Gasteiger partial charge in [0.25, 0.3) is 11.7 Å². The first-order valence-corrected chi connectivity index (χ1v) is 10.7. The first-order valence-electron chi connectivity index (χ1n) is 10.7. The van der Waals surface area contributed by atoms with Crippen molar-refractivity contribution in [3.63, 3.8) is 0 Å². The van der Waals surface area contributed by atoms with Crippen LogP contribution in [0.3, 0.4) is 0 Å². The van der Waals surface area contributed by atoms with Gasteiger partial charge in [-0.15, -0.1) is 0 Å². The van der Waals surface area contributed by atoms with Crippen LogP contribution in [-0.2, 0) is 16.0 Å². The molecule has 31 heavy (non-hydrogen) atoms. The fraction of sp³-hybridized carbons (Fsp3) is 0.417. The van der Waals surface area contributed by atoms with Crippen molar-refractivity contribution in [2.24, 2.45) is 0 Å². The molecule has 2 aromatic rings. The molecule has 1 aromatic heterocycles. The molecule has 2 aliphatic heterocycles. The number of aryl methyl sites for hydroxylation is 1. The minimum absolute atomic E-state index is 0.0721. The van der Waals surface area contributed by atoms with Crippen LogP contribution in [0.5, 0.6) is 5.75 Å². The van der Waals surface area contributed by atoms with Crippen LogP contribution < -0.4 is 9.64 Å². The smallest absolute Gasteiger partial charge is 0.295 e. The molecular weight excluding hydrogens is 396 g/mol. The van der Waals surface area contributed by atoms with Gasteiger partial charge in [0.1, 0.15) is 35.2 Å². The summed E-state index contributed by atoms with van der Waals surface area (Å²) in [4.78, 5) is 28.7. The normalized spacial score (nSPS) is 22.3. The Morgan fingerprint density at radius 2 is 2.00 bits per heavy atom. The van der Waals surface area contributed by atoms with E-state index in [9.17, 15) is 14.7 Å². The number of rotatable bonds is 6. The molecule has 4 rings (SSSR count). The van der Waals surface area contributed by atoms with Crippen LogP contribution >= 0.6 is 0 Å². The molecule has 2 aliphatic rings. The van der Waals surface area contributed by atoms with Gasteiger partial charge in [0.2, 0.25) is 0 Å². The lowest BCUT2D eigenvalue weighted by Gasteiger charge is -2.23. The van der Waals surface area contributed by atoms with Crippen molar-refractivity contribution in [1.82, 2.24) is 4.90 Å². The quantitative estimate of drug-likeness (QED) is 0.419. The molecular formula is C24H29N2O5+. The molecule has 1 saturated heterocycles. The largest absolute Gasteiger partial charge is 0.507 e. The molecule has 3 heterocycles. The molecule has 7 heteroatoms. The number of hydrogen-bond acceptors (Lipinski definition) is 5. The van der Waals surface area contributed by atoms with E-state index < -0.39 is 17.7 Å². The number of aliphatic hydroxyl groups is 1. The van der Waals surface area contributed by atoms with E-state index in [0.717, 1.165) is 30.7 Å². The van der Waals surface area contributed by atoms with E-state index in [4.69, 9.17) is 9.15 Å². The van der Waals surface area contributed by atoms with Gasteiger partial charge in [-0.3, -0.25) is 9.59 Å². The molecule has 7 nitrogen and oxygen atoms in total. The van der Waals surface area contributed by atoms with E-state index in [0.29, 0.717) is 23.6 Å². The van der Waals surface area contributed by atoms with Gasteiger partial charge >= 0.3 is 0 Å². The van der Waals surface area contributed by atoms with Crippen LogP contribution in [0.15, 0.2) is 40.3 Å². The number of likely N-dealkylation sites (tertiary alicyclic amines) is 1. The van der Waals surface area contributed by atoms with Gasteiger partial charge in [0.15, 0.2) is 0 Å². The fourth-order valence-electron chi connectivity index (χ4n) is 4.33. The molecule has 164 valence electrons. The van der Waals surface area contributed by atoms with E-state index in [-0.39, 0.29) is 17.4 Å². The Labute approximate surface area is 181 Å². The zero-order chi connectivity index (χ0) is 22.3. The van der Waals surface area contributed by atoms with Crippen molar-refractivity contribution in [3.8, 4) is 5.75 Å². The second-order valence-corrected chi connectivity index (χ2v) is 8.71. The topological polar surface area (TPSA) is 84.4 Å². The zero-order valence-corrected chi connectivity index (χ0v) is 18.4.